The van der Waals surface area contributed by atoms with E-state index in [-0.39, 0.29) is 5.91 Å². The van der Waals surface area contributed by atoms with E-state index < -0.39 is 5.54 Å². The zero-order valence-electron chi connectivity index (χ0n) is 11.7. The van der Waals surface area contributed by atoms with Gasteiger partial charge in [-0.3, -0.25) is 4.79 Å². The van der Waals surface area contributed by atoms with E-state index in [1.807, 2.05) is 30.8 Å². The number of thioether (sulfide) groups is 1. The number of amides is 1. The highest BCUT2D eigenvalue weighted by molar-refractivity contribution is 7.99. The fraction of sp³-hybridized carbons (Fsp3) is 0.533. The molecule has 0 spiro atoms. The Morgan fingerprint density at radius 2 is 2.20 bits per heavy atom. The topological polar surface area (TPSA) is 55.1 Å². The SMILES string of the molecule is CCNC1(C(N)=O)CCC(SCc2ccc(Cl)cc2)C1. The Morgan fingerprint density at radius 3 is 2.80 bits per heavy atom. The minimum Gasteiger partial charge on any atom is -0.368 e. The number of nitrogens with two attached hydrogens (primary N) is 1. The van der Waals surface area contributed by atoms with Crippen molar-refractivity contribution in [2.24, 2.45) is 5.73 Å². The average Bonchev–Trinajstić information content (AvgIpc) is 2.83. The second kappa shape index (κ2) is 6.83. The number of carbonyl (C=O) groups is 1. The molecule has 0 bridgehead atoms. The van der Waals surface area contributed by atoms with Crippen molar-refractivity contribution in [3.8, 4) is 0 Å². The van der Waals surface area contributed by atoms with Crippen LogP contribution in [0.3, 0.4) is 0 Å². The van der Waals surface area contributed by atoms with Crippen LogP contribution >= 0.6 is 23.4 Å². The highest BCUT2D eigenvalue weighted by Crippen LogP contribution is 2.38. The Balaban J connectivity index is 1.89. The number of rotatable bonds is 6. The number of benzene rings is 1. The molecular weight excluding hydrogens is 292 g/mol. The van der Waals surface area contributed by atoms with Gasteiger partial charge in [-0.2, -0.15) is 11.8 Å². The molecule has 2 rings (SSSR count). The quantitative estimate of drug-likeness (QED) is 0.849. The molecule has 1 fully saturated rings. The van der Waals surface area contributed by atoms with Gasteiger partial charge in [0.1, 0.15) is 0 Å². The molecule has 1 aliphatic rings. The highest BCUT2D eigenvalue weighted by Gasteiger charge is 2.43. The summed E-state index contributed by atoms with van der Waals surface area (Å²) in [5.41, 5.74) is 6.35. The van der Waals surface area contributed by atoms with Crippen LogP contribution in [-0.2, 0) is 10.5 Å². The average molecular weight is 313 g/mol. The number of primary amides is 1. The first-order chi connectivity index (χ1) is 9.55. The molecule has 0 heterocycles. The van der Waals surface area contributed by atoms with Crippen LogP contribution in [0.25, 0.3) is 0 Å². The van der Waals surface area contributed by atoms with Gasteiger partial charge in [0.15, 0.2) is 0 Å². The van der Waals surface area contributed by atoms with Gasteiger partial charge in [-0.1, -0.05) is 30.7 Å². The molecule has 1 aliphatic carbocycles. The second-order valence-corrected chi connectivity index (χ2v) is 7.00. The second-order valence-electron chi connectivity index (χ2n) is 5.28. The zero-order chi connectivity index (χ0) is 14.6. The van der Waals surface area contributed by atoms with Crippen LogP contribution in [0.5, 0.6) is 0 Å². The molecule has 3 nitrogen and oxygen atoms in total. The predicted molar refractivity (Wildman–Crippen MR) is 86.0 cm³/mol. The van der Waals surface area contributed by atoms with Crippen molar-refractivity contribution in [3.63, 3.8) is 0 Å². The lowest BCUT2D eigenvalue weighted by atomic mass is 9.97. The Labute approximate surface area is 129 Å². The van der Waals surface area contributed by atoms with Crippen LogP contribution in [0.1, 0.15) is 31.7 Å². The van der Waals surface area contributed by atoms with Gasteiger partial charge in [0.25, 0.3) is 0 Å². The van der Waals surface area contributed by atoms with E-state index in [2.05, 4.69) is 17.4 Å². The normalized spacial score (nSPS) is 25.8. The van der Waals surface area contributed by atoms with Gasteiger partial charge < -0.3 is 11.1 Å². The van der Waals surface area contributed by atoms with Crippen LogP contribution in [0.4, 0.5) is 0 Å². The van der Waals surface area contributed by atoms with Crippen LogP contribution in [0, 0.1) is 0 Å². The van der Waals surface area contributed by atoms with E-state index >= 15 is 0 Å². The molecular formula is C15H21ClN2OS. The summed E-state index contributed by atoms with van der Waals surface area (Å²) in [5.74, 6) is 0.733. The van der Waals surface area contributed by atoms with Crippen molar-refractivity contribution in [1.29, 1.82) is 0 Å². The molecule has 0 radical (unpaired) electrons. The first-order valence-electron chi connectivity index (χ1n) is 6.97. The number of nitrogens with one attached hydrogen (secondary N) is 1. The van der Waals surface area contributed by atoms with Gasteiger partial charge in [0.05, 0.1) is 5.54 Å². The van der Waals surface area contributed by atoms with Crippen molar-refractivity contribution in [1.82, 2.24) is 5.32 Å². The van der Waals surface area contributed by atoms with E-state index in [0.717, 1.165) is 36.6 Å². The van der Waals surface area contributed by atoms with E-state index in [0.29, 0.717) is 5.25 Å². The molecule has 110 valence electrons. The summed E-state index contributed by atoms with van der Waals surface area (Å²) >= 11 is 7.78. The summed E-state index contributed by atoms with van der Waals surface area (Å²) in [6.45, 7) is 2.79. The van der Waals surface area contributed by atoms with Crippen molar-refractivity contribution >= 4 is 29.3 Å². The summed E-state index contributed by atoms with van der Waals surface area (Å²) in [7, 11) is 0. The van der Waals surface area contributed by atoms with Gasteiger partial charge >= 0.3 is 0 Å². The monoisotopic (exact) mass is 312 g/mol. The van der Waals surface area contributed by atoms with Crippen molar-refractivity contribution in [2.45, 2.75) is 42.7 Å². The number of likely N-dealkylation sites (N-methyl/N-ethyl adjacent to an activating group) is 1. The summed E-state index contributed by atoms with van der Waals surface area (Å²) < 4.78 is 0. The minimum atomic E-state index is -0.494. The highest BCUT2D eigenvalue weighted by atomic mass is 35.5. The Kier molecular flexibility index (Phi) is 5.35. The largest absolute Gasteiger partial charge is 0.368 e. The van der Waals surface area contributed by atoms with E-state index in [1.54, 1.807) is 0 Å². The fourth-order valence-electron chi connectivity index (χ4n) is 2.75. The number of carbonyl (C=O) groups excluding carboxylic acids is 1. The van der Waals surface area contributed by atoms with E-state index in [4.69, 9.17) is 17.3 Å². The third kappa shape index (κ3) is 3.68. The molecule has 5 heteroatoms. The molecule has 3 N–H and O–H groups in total. The molecule has 0 saturated heterocycles. The maximum absolute atomic E-state index is 11.7. The lowest BCUT2D eigenvalue weighted by Crippen LogP contribution is -2.53. The predicted octanol–water partition coefficient (Wildman–Crippen LogP) is 2.96. The third-order valence-corrected chi connectivity index (χ3v) is 5.48. The Morgan fingerprint density at radius 1 is 1.50 bits per heavy atom. The maximum Gasteiger partial charge on any atom is 0.237 e. The molecule has 1 amide bonds. The molecule has 1 aromatic rings. The number of hydrogen-bond donors (Lipinski definition) is 2. The van der Waals surface area contributed by atoms with Crippen molar-refractivity contribution in [2.75, 3.05) is 6.54 Å². The number of hydrogen-bond acceptors (Lipinski definition) is 3. The van der Waals surface area contributed by atoms with Crippen LogP contribution in [-0.4, -0.2) is 23.2 Å². The summed E-state index contributed by atoms with van der Waals surface area (Å²) in [5, 5.41) is 4.53. The molecule has 1 aromatic carbocycles. The first-order valence-corrected chi connectivity index (χ1v) is 8.39. The van der Waals surface area contributed by atoms with Gasteiger partial charge in [-0.05, 0) is 43.5 Å². The molecule has 1 saturated carbocycles. The standard InChI is InChI=1S/C15H21ClN2OS/c1-2-18-15(14(17)19)8-7-13(9-15)20-10-11-3-5-12(16)6-4-11/h3-6,13,18H,2,7-10H2,1H3,(H2,17,19). The summed E-state index contributed by atoms with van der Waals surface area (Å²) in [6.07, 6.45) is 2.71. The maximum atomic E-state index is 11.7. The first kappa shape index (κ1) is 15.7. The Bertz CT molecular complexity index is 465. The smallest absolute Gasteiger partial charge is 0.237 e. The molecule has 0 aliphatic heterocycles. The van der Waals surface area contributed by atoms with Gasteiger partial charge in [0, 0.05) is 16.0 Å². The number of halogens is 1. The Hall–Kier alpha value is -0.710. The molecule has 20 heavy (non-hydrogen) atoms. The summed E-state index contributed by atoms with van der Waals surface area (Å²) in [4.78, 5) is 11.7. The van der Waals surface area contributed by atoms with E-state index in [9.17, 15) is 4.79 Å². The van der Waals surface area contributed by atoms with Crippen LogP contribution < -0.4 is 11.1 Å². The zero-order valence-corrected chi connectivity index (χ0v) is 13.3. The van der Waals surface area contributed by atoms with Crippen molar-refractivity contribution < 1.29 is 4.79 Å². The lowest BCUT2D eigenvalue weighted by molar-refractivity contribution is -0.124. The van der Waals surface area contributed by atoms with Gasteiger partial charge in [0.2, 0.25) is 5.91 Å². The van der Waals surface area contributed by atoms with Gasteiger partial charge in [-0.25, -0.2) is 0 Å². The molecule has 0 aromatic heterocycles. The summed E-state index contributed by atoms with van der Waals surface area (Å²) in [6, 6.07) is 7.93. The fourth-order valence-corrected chi connectivity index (χ4v) is 4.18. The van der Waals surface area contributed by atoms with E-state index in [1.165, 1.54) is 5.56 Å². The van der Waals surface area contributed by atoms with Crippen molar-refractivity contribution in [3.05, 3.63) is 34.9 Å². The minimum absolute atomic E-state index is 0.214. The van der Waals surface area contributed by atoms with Gasteiger partial charge in [-0.15, -0.1) is 0 Å². The van der Waals surface area contributed by atoms with Crippen LogP contribution in [0.15, 0.2) is 24.3 Å². The molecule has 2 unspecified atom stereocenters. The molecule has 2 atom stereocenters. The third-order valence-electron chi connectivity index (χ3n) is 3.86. The van der Waals surface area contributed by atoms with Crippen LogP contribution in [0.2, 0.25) is 5.02 Å². The lowest BCUT2D eigenvalue weighted by Gasteiger charge is -2.26.